The lowest BCUT2D eigenvalue weighted by molar-refractivity contribution is -0.133. The lowest BCUT2D eigenvalue weighted by Crippen LogP contribution is -2.51. The van der Waals surface area contributed by atoms with Gasteiger partial charge in [-0.05, 0) is 38.0 Å². The molecule has 0 aromatic heterocycles. The highest BCUT2D eigenvalue weighted by atomic mass is 19.1. The molecule has 0 saturated carbocycles. The van der Waals surface area contributed by atoms with E-state index in [1.54, 1.807) is 13.0 Å². The summed E-state index contributed by atoms with van der Waals surface area (Å²) >= 11 is 0. The predicted octanol–water partition coefficient (Wildman–Crippen LogP) is 1.24. The van der Waals surface area contributed by atoms with Gasteiger partial charge in [0, 0.05) is 45.8 Å². The van der Waals surface area contributed by atoms with Crippen molar-refractivity contribution >= 4 is 11.8 Å². The second-order valence-corrected chi connectivity index (χ2v) is 6.98. The first kappa shape index (κ1) is 21.3. The van der Waals surface area contributed by atoms with Gasteiger partial charge >= 0.3 is 0 Å². The molecule has 1 aromatic carbocycles. The summed E-state index contributed by atoms with van der Waals surface area (Å²) < 4.78 is 13.5. The Balaban J connectivity index is 1.69. The maximum Gasteiger partial charge on any atom is 0.236 e. The summed E-state index contributed by atoms with van der Waals surface area (Å²) in [6.07, 6.45) is 0. The quantitative estimate of drug-likeness (QED) is 0.740. The molecule has 27 heavy (non-hydrogen) atoms. The highest BCUT2D eigenvalue weighted by molar-refractivity contribution is 5.78. The number of benzene rings is 1. The lowest BCUT2D eigenvalue weighted by Gasteiger charge is -2.34. The first-order valence-corrected chi connectivity index (χ1v) is 9.67. The Bertz CT molecular complexity index is 641. The predicted molar refractivity (Wildman–Crippen MR) is 104 cm³/mol. The van der Waals surface area contributed by atoms with Crippen LogP contribution in [-0.4, -0.2) is 78.9 Å². The molecule has 0 atom stereocenters. The zero-order chi connectivity index (χ0) is 19.8. The minimum absolute atomic E-state index is 0.0661. The van der Waals surface area contributed by atoms with Crippen LogP contribution in [0.15, 0.2) is 18.2 Å². The van der Waals surface area contributed by atoms with E-state index in [1.165, 1.54) is 6.07 Å². The first-order valence-electron chi connectivity index (χ1n) is 9.67. The van der Waals surface area contributed by atoms with Crippen LogP contribution in [-0.2, 0) is 16.1 Å². The normalized spacial score (nSPS) is 15.6. The van der Waals surface area contributed by atoms with Gasteiger partial charge in [-0.25, -0.2) is 4.39 Å². The number of hydrogen-bond acceptors (Lipinski definition) is 4. The number of nitrogens with zero attached hydrogens (tertiary/aromatic N) is 3. The van der Waals surface area contributed by atoms with E-state index in [4.69, 9.17) is 0 Å². The number of amides is 2. The van der Waals surface area contributed by atoms with Crippen molar-refractivity contribution in [3.05, 3.63) is 35.1 Å². The van der Waals surface area contributed by atoms with Gasteiger partial charge in [0.05, 0.1) is 13.1 Å². The Morgan fingerprint density at radius 3 is 2.22 bits per heavy atom. The van der Waals surface area contributed by atoms with E-state index >= 15 is 0 Å². The van der Waals surface area contributed by atoms with Crippen molar-refractivity contribution in [2.45, 2.75) is 27.3 Å². The zero-order valence-corrected chi connectivity index (χ0v) is 16.6. The number of carbonyl (C=O) groups is 2. The molecular formula is C20H31FN4O2. The molecule has 2 rings (SSSR count). The smallest absolute Gasteiger partial charge is 0.236 e. The molecule has 1 aromatic rings. The monoisotopic (exact) mass is 378 g/mol. The molecule has 0 unspecified atom stereocenters. The van der Waals surface area contributed by atoms with Gasteiger partial charge < -0.3 is 10.2 Å². The number of aryl methyl sites for hydroxylation is 1. The standard InChI is InChI=1S/C20H31FN4O2/c1-4-25(5-2)20(27)15-24-10-8-23(9-11-24)14-19(26)22-13-17-7-6-16(3)18(21)12-17/h6-7,12H,4-5,8-11,13-15H2,1-3H3,(H,22,26). The largest absolute Gasteiger partial charge is 0.351 e. The molecule has 6 nitrogen and oxygen atoms in total. The van der Waals surface area contributed by atoms with Crippen molar-refractivity contribution in [2.75, 3.05) is 52.4 Å². The van der Waals surface area contributed by atoms with E-state index in [9.17, 15) is 14.0 Å². The summed E-state index contributed by atoms with van der Waals surface area (Å²) in [7, 11) is 0. The van der Waals surface area contributed by atoms with Crippen LogP contribution in [0.1, 0.15) is 25.0 Å². The van der Waals surface area contributed by atoms with E-state index in [0.717, 1.165) is 44.8 Å². The van der Waals surface area contributed by atoms with Gasteiger partial charge in [-0.15, -0.1) is 0 Å². The minimum Gasteiger partial charge on any atom is -0.351 e. The van der Waals surface area contributed by atoms with Crippen LogP contribution < -0.4 is 5.32 Å². The third kappa shape index (κ3) is 6.59. The Labute approximate surface area is 161 Å². The molecule has 0 radical (unpaired) electrons. The van der Waals surface area contributed by atoms with Crippen LogP contribution in [0.2, 0.25) is 0 Å². The Hall–Kier alpha value is -1.99. The molecule has 0 aliphatic carbocycles. The van der Waals surface area contributed by atoms with Crippen molar-refractivity contribution in [3.63, 3.8) is 0 Å². The fourth-order valence-electron chi connectivity index (χ4n) is 3.18. The Morgan fingerprint density at radius 2 is 1.67 bits per heavy atom. The van der Waals surface area contributed by atoms with Crippen LogP contribution >= 0.6 is 0 Å². The number of rotatable bonds is 8. The van der Waals surface area contributed by atoms with Gasteiger partial charge in [-0.3, -0.25) is 19.4 Å². The third-order valence-corrected chi connectivity index (χ3v) is 5.03. The fraction of sp³-hybridized carbons (Fsp3) is 0.600. The molecule has 1 fully saturated rings. The van der Waals surface area contributed by atoms with E-state index in [1.807, 2.05) is 24.8 Å². The van der Waals surface area contributed by atoms with Crippen molar-refractivity contribution in [1.82, 2.24) is 20.0 Å². The van der Waals surface area contributed by atoms with Gasteiger partial charge in [-0.2, -0.15) is 0 Å². The number of piperazine rings is 1. The third-order valence-electron chi connectivity index (χ3n) is 5.03. The second kappa shape index (κ2) is 10.4. The highest BCUT2D eigenvalue weighted by Gasteiger charge is 2.21. The molecule has 1 saturated heterocycles. The average molecular weight is 378 g/mol. The highest BCUT2D eigenvalue weighted by Crippen LogP contribution is 2.09. The van der Waals surface area contributed by atoms with Gasteiger partial charge in [-0.1, -0.05) is 12.1 Å². The van der Waals surface area contributed by atoms with Crippen LogP contribution in [0, 0.1) is 12.7 Å². The molecule has 0 spiro atoms. The van der Waals surface area contributed by atoms with Crippen LogP contribution in [0.5, 0.6) is 0 Å². The van der Waals surface area contributed by atoms with Crippen LogP contribution in [0.4, 0.5) is 4.39 Å². The Morgan fingerprint density at radius 1 is 1.07 bits per heavy atom. The number of hydrogen-bond donors (Lipinski definition) is 1. The summed E-state index contributed by atoms with van der Waals surface area (Å²) in [5.74, 6) is -0.155. The fourth-order valence-corrected chi connectivity index (χ4v) is 3.18. The molecule has 1 aliphatic rings. The first-order chi connectivity index (χ1) is 12.9. The van der Waals surface area contributed by atoms with Crippen molar-refractivity contribution in [2.24, 2.45) is 0 Å². The molecule has 7 heteroatoms. The van der Waals surface area contributed by atoms with Crippen LogP contribution in [0.25, 0.3) is 0 Å². The lowest BCUT2D eigenvalue weighted by atomic mass is 10.1. The Kier molecular flexibility index (Phi) is 8.19. The molecule has 2 amide bonds. The summed E-state index contributed by atoms with van der Waals surface area (Å²) in [6, 6.07) is 5.00. The van der Waals surface area contributed by atoms with E-state index < -0.39 is 0 Å². The topological polar surface area (TPSA) is 55.9 Å². The van der Waals surface area contributed by atoms with E-state index in [2.05, 4.69) is 15.1 Å². The van der Waals surface area contributed by atoms with Gasteiger partial charge in [0.2, 0.25) is 11.8 Å². The number of carbonyl (C=O) groups excluding carboxylic acids is 2. The van der Waals surface area contributed by atoms with Crippen molar-refractivity contribution < 1.29 is 14.0 Å². The minimum atomic E-state index is -0.253. The molecule has 0 bridgehead atoms. The molecule has 150 valence electrons. The number of nitrogens with one attached hydrogen (secondary N) is 1. The van der Waals surface area contributed by atoms with Gasteiger partial charge in [0.15, 0.2) is 0 Å². The summed E-state index contributed by atoms with van der Waals surface area (Å²) in [5.41, 5.74) is 1.36. The number of likely N-dealkylation sites (N-methyl/N-ethyl adjacent to an activating group) is 1. The van der Waals surface area contributed by atoms with E-state index in [0.29, 0.717) is 25.2 Å². The summed E-state index contributed by atoms with van der Waals surface area (Å²) in [6.45, 7) is 11.4. The number of halogens is 1. The molecule has 1 N–H and O–H groups in total. The second-order valence-electron chi connectivity index (χ2n) is 6.98. The maximum atomic E-state index is 13.5. The SMILES string of the molecule is CCN(CC)C(=O)CN1CCN(CC(=O)NCc2ccc(C)c(F)c2)CC1. The summed E-state index contributed by atoms with van der Waals surface area (Å²) in [4.78, 5) is 30.4. The van der Waals surface area contributed by atoms with Crippen LogP contribution in [0.3, 0.4) is 0 Å². The zero-order valence-electron chi connectivity index (χ0n) is 16.6. The molecular weight excluding hydrogens is 347 g/mol. The average Bonchev–Trinajstić information content (AvgIpc) is 2.65. The van der Waals surface area contributed by atoms with Gasteiger partial charge in [0.25, 0.3) is 0 Å². The van der Waals surface area contributed by atoms with E-state index in [-0.39, 0.29) is 17.6 Å². The van der Waals surface area contributed by atoms with Crippen molar-refractivity contribution in [3.8, 4) is 0 Å². The maximum absolute atomic E-state index is 13.5. The summed E-state index contributed by atoms with van der Waals surface area (Å²) in [5, 5.41) is 2.84. The van der Waals surface area contributed by atoms with Gasteiger partial charge in [0.1, 0.15) is 5.82 Å². The molecule has 1 heterocycles. The molecule has 1 aliphatic heterocycles. The van der Waals surface area contributed by atoms with Crippen molar-refractivity contribution in [1.29, 1.82) is 0 Å².